The van der Waals surface area contributed by atoms with E-state index in [-0.39, 0.29) is 31.5 Å². The summed E-state index contributed by atoms with van der Waals surface area (Å²) in [6.45, 7) is 3.24. The molecule has 0 fully saturated rings. The number of carbonyl (C=O) groups excluding carboxylic acids is 3. The number of rotatable bonds is 34. The van der Waals surface area contributed by atoms with Crippen LogP contribution in [0.2, 0.25) is 0 Å². The molecule has 0 aromatic carbocycles. The van der Waals surface area contributed by atoms with Crippen LogP contribution in [0.4, 0.5) is 0 Å². The van der Waals surface area contributed by atoms with Crippen LogP contribution in [0, 0.1) is 0 Å². The standard InChI is InChI=1S/C45H67O9P/c1-3-5-7-9-11-13-15-17-18-19-20-21-22-24-26-28-30-32-34-38-44(47)52-40-43(41-53-55(49,50)51)54-45(48)39-35-37-42(46)36-33-31-29-27-25-23-16-14-12-10-8-6-4-2/h5,7,11-14,17-18,20-21,23-26,29-33,36,43H,3-4,6,8-10,15-16,19,22,27-28,34-35,37-41H2,1-2H3,(H2,49,50,51)/b7-5-,13-11-,14-12-,18-17-,21-20-,25-23-,26-24-,31-29-,32-30-,36-33+/t43-/m1/s1. The second kappa shape index (κ2) is 38.4. The Morgan fingerprint density at radius 1 is 0.545 bits per heavy atom. The van der Waals surface area contributed by atoms with E-state index in [0.717, 1.165) is 57.8 Å². The lowest BCUT2D eigenvalue weighted by molar-refractivity contribution is -0.161. The van der Waals surface area contributed by atoms with Crippen LogP contribution in [0.5, 0.6) is 0 Å². The number of ketones is 1. The fourth-order valence-electron chi connectivity index (χ4n) is 4.53. The van der Waals surface area contributed by atoms with E-state index < -0.39 is 39.1 Å². The maximum Gasteiger partial charge on any atom is 0.469 e. The van der Waals surface area contributed by atoms with Gasteiger partial charge in [0.05, 0.1) is 6.61 Å². The zero-order valence-electron chi connectivity index (χ0n) is 33.3. The highest BCUT2D eigenvalue weighted by atomic mass is 31.2. The van der Waals surface area contributed by atoms with E-state index in [0.29, 0.717) is 6.42 Å². The Labute approximate surface area is 331 Å². The molecule has 2 N–H and O–H groups in total. The lowest BCUT2D eigenvalue weighted by Gasteiger charge is -2.18. The molecule has 0 rings (SSSR count). The molecule has 0 amide bonds. The van der Waals surface area contributed by atoms with Crippen LogP contribution in [0.3, 0.4) is 0 Å². The molecule has 306 valence electrons. The molecule has 0 saturated heterocycles. The number of hydrogen-bond donors (Lipinski definition) is 2. The van der Waals surface area contributed by atoms with Crippen LogP contribution in [0.1, 0.15) is 123 Å². The van der Waals surface area contributed by atoms with Crippen LogP contribution in [-0.4, -0.2) is 46.8 Å². The molecule has 0 aliphatic carbocycles. The van der Waals surface area contributed by atoms with Gasteiger partial charge in [-0.15, -0.1) is 0 Å². The summed E-state index contributed by atoms with van der Waals surface area (Å²) in [6.07, 6.45) is 52.2. The molecule has 0 aromatic rings. The van der Waals surface area contributed by atoms with Gasteiger partial charge in [0.2, 0.25) is 0 Å². The second-order valence-corrected chi connectivity index (χ2v) is 13.8. The number of unbranched alkanes of at least 4 members (excludes halogenated alkanes) is 3. The summed E-state index contributed by atoms with van der Waals surface area (Å²) in [5.74, 6) is -1.40. The lowest BCUT2D eigenvalue weighted by Crippen LogP contribution is -2.29. The summed E-state index contributed by atoms with van der Waals surface area (Å²) in [5.41, 5.74) is 0. The smallest absolute Gasteiger partial charge is 0.462 e. The van der Waals surface area contributed by atoms with Crippen LogP contribution in [0.25, 0.3) is 0 Å². The molecule has 0 saturated carbocycles. The minimum Gasteiger partial charge on any atom is -0.462 e. The molecule has 0 aliphatic heterocycles. The molecule has 0 spiro atoms. The molecule has 0 radical (unpaired) electrons. The maximum atomic E-state index is 12.4. The molecule has 9 nitrogen and oxygen atoms in total. The zero-order valence-corrected chi connectivity index (χ0v) is 34.2. The Hall–Kier alpha value is -3.88. The third kappa shape index (κ3) is 41.1. The van der Waals surface area contributed by atoms with E-state index in [1.54, 1.807) is 12.2 Å². The van der Waals surface area contributed by atoms with Crippen molar-refractivity contribution in [3.8, 4) is 0 Å². The van der Waals surface area contributed by atoms with E-state index >= 15 is 0 Å². The first-order chi connectivity index (χ1) is 26.7. The Balaban J connectivity index is 4.31. The molecule has 1 atom stereocenters. The highest BCUT2D eigenvalue weighted by Crippen LogP contribution is 2.35. The van der Waals surface area contributed by atoms with Crippen molar-refractivity contribution in [3.63, 3.8) is 0 Å². The maximum absolute atomic E-state index is 12.4. The molecule has 55 heavy (non-hydrogen) atoms. The van der Waals surface area contributed by atoms with Gasteiger partial charge in [-0.2, -0.15) is 0 Å². The summed E-state index contributed by atoms with van der Waals surface area (Å²) < 4.78 is 26.1. The van der Waals surface area contributed by atoms with Gasteiger partial charge in [-0.3, -0.25) is 18.9 Å². The summed E-state index contributed by atoms with van der Waals surface area (Å²) in [5, 5.41) is 0. The van der Waals surface area contributed by atoms with Gasteiger partial charge in [-0.1, -0.05) is 142 Å². The number of esters is 2. The summed E-state index contributed by atoms with van der Waals surface area (Å²) in [6, 6.07) is 0. The first-order valence-corrected chi connectivity index (χ1v) is 21.3. The quantitative estimate of drug-likeness (QED) is 0.0163. The van der Waals surface area contributed by atoms with Crippen LogP contribution in [-0.2, 0) is 32.9 Å². The van der Waals surface area contributed by atoms with Gasteiger partial charge in [0.1, 0.15) is 6.61 Å². The third-order valence-electron chi connectivity index (χ3n) is 7.45. The predicted octanol–water partition coefficient (Wildman–Crippen LogP) is 11.4. The van der Waals surface area contributed by atoms with Crippen LogP contribution >= 0.6 is 7.82 Å². The van der Waals surface area contributed by atoms with Gasteiger partial charge >= 0.3 is 19.8 Å². The lowest BCUT2D eigenvalue weighted by atomic mass is 10.1. The minimum absolute atomic E-state index is 0.0839. The number of phosphoric ester groups is 1. The Bertz CT molecular complexity index is 1360. The minimum atomic E-state index is -4.84. The van der Waals surface area contributed by atoms with Gasteiger partial charge in [0.25, 0.3) is 0 Å². The van der Waals surface area contributed by atoms with Crippen molar-refractivity contribution >= 4 is 25.5 Å². The monoisotopic (exact) mass is 782 g/mol. The number of hydrogen-bond acceptors (Lipinski definition) is 7. The SMILES string of the molecule is CC/C=C\C/C=C\C/C=C\C/C=C\C/C=C\C/C=C\CCC(=O)OC[C@H](COP(=O)(O)O)OC(=O)CCCC(=O)/C=C/C=C\C/C=C\C/C=C\CCCCC. The van der Waals surface area contributed by atoms with Gasteiger partial charge < -0.3 is 19.3 Å². The average Bonchev–Trinajstić information content (AvgIpc) is 3.15. The molecule has 10 heteroatoms. The Morgan fingerprint density at radius 2 is 1.05 bits per heavy atom. The highest BCUT2D eigenvalue weighted by Gasteiger charge is 2.23. The average molecular weight is 783 g/mol. The summed E-state index contributed by atoms with van der Waals surface area (Å²) in [7, 11) is -4.84. The largest absolute Gasteiger partial charge is 0.469 e. The number of ether oxygens (including phenoxy) is 2. The number of phosphoric acid groups is 1. The van der Waals surface area contributed by atoms with Crippen molar-refractivity contribution < 1.29 is 42.7 Å². The second-order valence-electron chi connectivity index (χ2n) is 12.6. The van der Waals surface area contributed by atoms with E-state index in [2.05, 4.69) is 97.4 Å². The van der Waals surface area contributed by atoms with Crippen LogP contribution < -0.4 is 0 Å². The highest BCUT2D eigenvalue weighted by molar-refractivity contribution is 7.46. The van der Waals surface area contributed by atoms with Gasteiger partial charge in [0.15, 0.2) is 11.9 Å². The summed E-state index contributed by atoms with van der Waals surface area (Å²) >= 11 is 0. The molecule has 0 aromatic heterocycles. The van der Waals surface area contributed by atoms with Crippen molar-refractivity contribution in [2.75, 3.05) is 13.2 Å². The molecular formula is C45H67O9P. The first kappa shape index (κ1) is 51.1. The predicted molar refractivity (Wildman–Crippen MR) is 225 cm³/mol. The molecule has 0 heterocycles. The fraction of sp³-hybridized carbons (Fsp3) is 0.489. The normalized spacial score (nSPS) is 13.7. The topological polar surface area (TPSA) is 136 Å². The Morgan fingerprint density at radius 3 is 1.58 bits per heavy atom. The van der Waals surface area contributed by atoms with E-state index in [1.807, 2.05) is 24.3 Å². The number of allylic oxidation sites excluding steroid dienone is 20. The molecule has 0 bridgehead atoms. The van der Waals surface area contributed by atoms with Gasteiger partial charge in [-0.25, -0.2) is 4.57 Å². The van der Waals surface area contributed by atoms with E-state index in [1.165, 1.54) is 25.3 Å². The summed E-state index contributed by atoms with van der Waals surface area (Å²) in [4.78, 5) is 54.9. The fourth-order valence-corrected chi connectivity index (χ4v) is 4.89. The van der Waals surface area contributed by atoms with Gasteiger partial charge in [0, 0.05) is 19.3 Å². The third-order valence-corrected chi connectivity index (χ3v) is 7.94. The zero-order chi connectivity index (χ0) is 40.5. The Kier molecular flexibility index (Phi) is 35.7. The van der Waals surface area contributed by atoms with Crippen LogP contribution in [0.15, 0.2) is 122 Å². The molecular weight excluding hydrogens is 715 g/mol. The van der Waals surface area contributed by atoms with Gasteiger partial charge in [-0.05, 0) is 83.1 Å². The number of carbonyl (C=O) groups is 3. The van der Waals surface area contributed by atoms with E-state index in [4.69, 9.17) is 19.3 Å². The molecule has 0 aliphatic rings. The van der Waals surface area contributed by atoms with Crippen molar-refractivity contribution in [1.29, 1.82) is 0 Å². The van der Waals surface area contributed by atoms with Crippen molar-refractivity contribution in [1.82, 2.24) is 0 Å². The van der Waals surface area contributed by atoms with Crippen molar-refractivity contribution in [2.24, 2.45) is 0 Å². The van der Waals surface area contributed by atoms with E-state index in [9.17, 15) is 18.9 Å². The van der Waals surface area contributed by atoms with Crippen molar-refractivity contribution in [2.45, 2.75) is 129 Å². The van der Waals surface area contributed by atoms with Crippen molar-refractivity contribution in [3.05, 3.63) is 122 Å². The first-order valence-electron chi connectivity index (χ1n) is 19.8. The molecule has 0 unspecified atom stereocenters.